The van der Waals surface area contributed by atoms with Crippen LogP contribution in [-0.2, 0) is 4.79 Å². The Morgan fingerprint density at radius 2 is 1.88 bits per heavy atom. The van der Waals surface area contributed by atoms with Gasteiger partial charge in [-0.15, -0.1) is 11.3 Å². The molecule has 1 atom stereocenters. The van der Waals surface area contributed by atoms with Crippen LogP contribution in [0.2, 0.25) is 0 Å². The number of amides is 1. The van der Waals surface area contributed by atoms with E-state index in [9.17, 15) is 9.90 Å². The van der Waals surface area contributed by atoms with Crippen LogP contribution in [0, 0.1) is 0 Å². The highest BCUT2D eigenvalue weighted by atomic mass is 32.1. The van der Waals surface area contributed by atoms with E-state index in [4.69, 9.17) is 9.47 Å². The fourth-order valence-corrected chi connectivity index (χ4v) is 3.46. The predicted molar refractivity (Wildman–Crippen MR) is 98.3 cm³/mol. The van der Waals surface area contributed by atoms with Crippen LogP contribution >= 0.6 is 11.3 Å². The fourth-order valence-electron chi connectivity index (χ4n) is 2.45. The van der Waals surface area contributed by atoms with Crippen LogP contribution in [-0.4, -0.2) is 31.3 Å². The summed E-state index contributed by atoms with van der Waals surface area (Å²) in [6.45, 7) is 0.0367. The molecule has 0 bridgehead atoms. The number of rotatable bonds is 7. The summed E-state index contributed by atoms with van der Waals surface area (Å²) in [7, 11) is 1.59. The Bertz CT molecular complexity index is 844. The number of nitrogens with one attached hydrogen (secondary N) is 1. The van der Waals surface area contributed by atoms with Crippen LogP contribution in [0.3, 0.4) is 0 Å². The van der Waals surface area contributed by atoms with E-state index in [1.165, 1.54) is 0 Å². The maximum Gasteiger partial charge on any atom is 0.258 e. The van der Waals surface area contributed by atoms with Crippen LogP contribution in [0.4, 0.5) is 0 Å². The lowest BCUT2D eigenvalue weighted by molar-refractivity contribution is -0.123. The third-order valence-corrected chi connectivity index (χ3v) is 4.77. The second kappa shape index (κ2) is 8.00. The van der Waals surface area contributed by atoms with Gasteiger partial charge in [-0.2, -0.15) is 0 Å². The molecule has 1 heterocycles. The largest absolute Gasteiger partial charge is 0.497 e. The van der Waals surface area contributed by atoms with Gasteiger partial charge < -0.3 is 19.9 Å². The number of hydrogen-bond acceptors (Lipinski definition) is 5. The Labute approximate surface area is 149 Å². The molecule has 2 N–H and O–H groups in total. The van der Waals surface area contributed by atoms with E-state index in [0.29, 0.717) is 5.75 Å². The number of carbonyl (C=O) groups is 1. The van der Waals surface area contributed by atoms with E-state index in [-0.39, 0.29) is 19.1 Å². The van der Waals surface area contributed by atoms with Gasteiger partial charge >= 0.3 is 0 Å². The summed E-state index contributed by atoms with van der Waals surface area (Å²) in [4.78, 5) is 11.9. The Morgan fingerprint density at radius 3 is 2.64 bits per heavy atom. The van der Waals surface area contributed by atoms with E-state index < -0.39 is 6.10 Å². The van der Waals surface area contributed by atoms with Gasteiger partial charge in [-0.25, -0.2) is 0 Å². The Morgan fingerprint density at radius 1 is 1.16 bits per heavy atom. The molecule has 0 saturated carbocycles. The van der Waals surface area contributed by atoms with E-state index in [2.05, 4.69) is 5.32 Å². The minimum absolute atomic E-state index is 0.108. The number of benzene rings is 2. The van der Waals surface area contributed by atoms with E-state index in [0.717, 1.165) is 21.4 Å². The number of aliphatic hydroxyl groups excluding tert-OH is 1. The van der Waals surface area contributed by atoms with Crippen LogP contribution in [0.5, 0.6) is 11.5 Å². The second-order valence-electron chi connectivity index (χ2n) is 5.47. The standard InChI is InChI=1S/C19H19NO4S/c1-23-13-6-8-14(9-7-13)24-11-19(22)20-10-17(21)16-12-25-18-5-3-2-4-15(16)18/h2-9,12,17,21H,10-11H2,1H3,(H,20,22). The van der Waals surface area contributed by atoms with Gasteiger partial charge in [-0.05, 0) is 41.1 Å². The zero-order valence-electron chi connectivity index (χ0n) is 13.8. The number of carbonyl (C=O) groups excluding carboxylic acids is 1. The highest BCUT2D eigenvalue weighted by Gasteiger charge is 2.14. The highest BCUT2D eigenvalue weighted by Crippen LogP contribution is 2.29. The second-order valence-corrected chi connectivity index (χ2v) is 6.38. The van der Waals surface area contributed by atoms with Crippen molar-refractivity contribution in [1.82, 2.24) is 5.32 Å². The topological polar surface area (TPSA) is 67.8 Å². The number of ether oxygens (including phenoxy) is 2. The molecule has 25 heavy (non-hydrogen) atoms. The van der Waals surface area contributed by atoms with Crippen molar-refractivity contribution in [3.63, 3.8) is 0 Å². The Hall–Kier alpha value is -2.57. The first kappa shape index (κ1) is 17.3. The van der Waals surface area contributed by atoms with Crippen molar-refractivity contribution in [2.24, 2.45) is 0 Å². The first-order chi connectivity index (χ1) is 12.2. The molecule has 6 heteroatoms. The molecule has 1 amide bonds. The van der Waals surface area contributed by atoms with Crippen LogP contribution in [0.15, 0.2) is 53.9 Å². The molecule has 0 aliphatic heterocycles. The summed E-state index contributed by atoms with van der Waals surface area (Å²) >= 11 is 1.58. The lowest BCUT2D eigenvalue weighted by atomic mass is 10.1. The number of methoxy groups -OCH3 is 1. The zero-order chi connectivity index (χ0) is 17.6. The summed E-state index contributed by atoms with van der Waals surface area (Å²) in [5, 5.41) is 16.0. The molecule has 130 valence electrons. The number of fused-ring (bicyclic) bond motifs is 1. The smallest absolute Gasteiger partial charge is 0.258 e. The van der Waals surface area contributed by atoms with Gasteiger partial charge in [0.15, 0.2) is 6.61 Å². The molecule has 0 spiro atoms. The van der Waals surface area contributed by atoms with Crippen molar-refractivity contribution in [3.05, 3.63) is 59.5 Å². The Kier molecular flexibility index (Phi) is 5.53. The average Bonchev–Trinajstić information content (AvgIpc) is 3.09. The van der Waals surface area contributed by atoms with E-state index in [1.807, 2.05) is 29.6 Å². The third kappa shape index (κ3) is 4.29. The van der Waals surface area contributed by atoms with Crippen molar-refractivity contribution in [2.75, 3.05) is 20.3 Å². The van der Waals surface area contributed by atoms with Gasteiger partial charge in [0.25, 0.3) is 5.91 Å². The molecule has 5 nitrogen and oxygen atoms in total. The maximum absolute atomic E-state index is 11.9. The van der Waals surface area contributed by atoms with Gasteiger partial charge in [0, 0.05) is 16.8 Å². The zero-order valence-corrected chi connectivity index (χ0v) is 14.6. The molecule has 0 saturated heterocycles. The molecule has 3 aromatic rings. The molecule has 0 fully saturated rings. The van der Waals surface area contributed by atoms with Crippen molar-refractivity contribution in [1.29, 1.82) is 0 Å². The lowest BCUT2D eigenvalue weighted by Gasteiger charge is -2.12. The number of thiophene rings is 1. The minimum Gasteiger partial charge on any atom is -0.497 e. The molecule has 0 radical (unpaired) electrons. The van der Waals surface area contributed by atoms with Crippen molar-refractivity contribution in [2.45, 2.75) is 6.10 Å². The van der Waals surface area contributed by atoms with E-state index in [1.54, 1.807) is 42.7 Å². The van der Waals surface area contributed by atoms with Crippen molar-refractivity contribution in [3.8, 4) is 11.5 Å². The first-order valence-corrected chi connectivity index (χ1v) is 8.73. The maximum atomic E-state index is 11.9. The molecule has 1 aromatic heterocycles. The molecule has 1 unspecified atom stereocenters. The first-order valence-electron chi connectivity index (χ1n) is 7.85. The molecular weight excluding hydrogens is 338 g/mol. The summed E-state index contributed by atoms with van der Waals surface area (Å²) in [6, 6.07) is 14.9. The normalized spacial score (nSPS) is 11.9. The van der Waals surface area contributed by atoms with Gasteiger partial charge in [0.1, 0.15) is 11.5 Å². The highest BCUT2D eigenvalue weighted by molar-refractivity contribution is 7.17. The molecule has 0 aliphatic carbocycles. The summed E-state index contributed by atoms with van der Waals surface area (Å²) in [5.41, 5.74) is 0.831. The van der Waals surface area contributed by atoms with Crippen molar-refractivity contribution < 1.29 is 19.4 Å². The van der Waals surface area contributed by atoms with E-state index >= 15 is 0 Å². The monoisotopic (exact) mass is 357 g/mol. The Balaban J connectivity index is 1.49. The minimum atomic E-state index is -0.749. The lowest BCUT2D eigenvalue weighted by Crippen LogP contribution is -2.32. The van der Waals surface area contributed by atoms with Gasteiger partial charge in [-0.3, -0.25) is 4.79 Å². The molecule has 2 aromatic carbocycles. The van der Waals surface area contributed by atoms with Gasteiger partial charge in [0.05, 0.1) is 13.2 Å². The number of hydrogen-bond donors (Lipinski definition) is 2. The average molecular weight is 357 g/mol. The summed E-state index contributed by atoms with van der Waals surface area (Å²) in [6.07, 6.45) is -0.749. The summed E-state index contributed by atoms with van der Waals surface area (Å²) in [5.74, 6) is 1.03. The molecule has 0 aliphatic rings. The fraction of sp³-hybridized carbons (Fsp3) is 0.211. The SMILES string of the molecule is COc1ccc(OCC(=O)NCC(O)c2csc3ccccc23)cc1. The quantitative estimate of drug-likeness (QED) is 0.682. The summed E-state index contributed by atoms with van der Waals surface area (Å²) < 4.78 is 11.6. The number of aliphatic hydroxyl groups is 1. The predicted octanol–water partition coefficient (Wildman–Crippen LogP) is 3.14. The van der Waals surface area contributed by atoms with Gasteiger partial charge in [0.2, 0.25) is 0 Å². The third-order valence-electron chi connectivity index (χ3n) is 3.79. The van der Waals surface area contributed by atoms with Crippen molar-refractivity contribution >= 4 is 27.3 Å². The van der Waals surface area contributed by atoms with Crippen LogP contribution < -0.4 is 14.8 Å². The van der Waals surface area contributed by atoms with Crippen LogP contribution in [0.1, 0.15) is 11.7 Å². The molecule has 3 rings (SSSR count). The van der Waals surface area contributed by atoms with Crippen LogP contribution in [0.25, 0.3) is 10.1 Å². The molecular formula is C19H19NO4S. The van der Waals surface area contributed by atoms with Gasteiger partial charge in [-0.1, -0.05) is 18.2 Å².